The van der Waals surface area contributed by atoms with E-state index in [1.807, 2.05) is 50.2 Å². The Bertz CT molecular complexity index is 894. The van der Waals surface area contributed by atoms with E-state index < -0.39 is 5.54 Å². The number of likely N-dealkylation sites (tertiary alicyclic amines) is 1. The van der Waals surface area contributed by atoms with E-state index in [4.69, 9.17) is 14.5 Å². The SMILES string of the molecule is CCOc1cc(CN2CCC3(CC2)N=C(c2ccccc2)NC3=O)cc(OCC)c1. The van der Waals surface area contributed by atoms with Crippen LogP contribution in [0.2, 0.25) is 0 Å². The van der Waals surface area contributed by atoms with Crippen molar-refractivity contribution < 1.29 is 14.3 Å². The van der Waals surface area contributed by atoms with E-state index in [9.17, 15) is 4.79 Å². The summed E-state index contributed by atoms with van der Waals surface area (Å²) in [5.74, 6) is 2.39. The summed E-state index contributed by atoms with van der Waals surface area (Å²) in [5, 5.41) is 3.00. The number of rotatable bonds is 7. The second-order valence-electron chi connectivity index (χ2n) is 7.77. The zero-order chi connectivity index (χ0) is 21.0. The molecule has 2 aromatic rings. The molecule has 2 heterocycles. The number of aliphatic imine (C=N–C) groups is 1. The van der Waals surface area contributed by atoms with Gasteiger partial charge >= 0.3 is 0 Å². The Morgan fingerprint density at radius 3 is 2.23 bits per heavy atom. The highest BCUT2D eigenvalue weighted by Crippen LogP contribution is 2.32. The Labute approximate surface area is 177 Å². The maximum absolute atomic E-state index is 12.8. The molecule has 6 nitrogen and oxygen atoms in total. The predicted molar refractivity (Wildman–Crippen MR) is 117 cm³/mol. The third kappa shape index (κ3) is 4.33. The summed E-state index contributed by atoms with van der Waals surface area (Å²) in [6.07, 6.45) is 1.44. The molecule has 1 spiro atoms. The molecular formula is C24H29N3O3. The van der Waals surface area contributed by atoms with Gasteiger partial charge in [0.05, 0.1) is 13.2 Å². The van der Waals surface area contributed by atoms with Crippen molar-refractivity contribution in [2.45, 2.75) is 38.8 Å². The van der Waals surface area contributed by atoms with Crippen LogP contribution in [0.1, 0.15) is 37.8 Å². The summed E-state index contributed by atoms with van der Waals surface area (Å²) >= 11 is 0. The topological polar surface area (TPSA) is 63.2 Å². The monoisotopic (exact) mass is 407 g/mol. The van der Waals surface area contributed by atoms with Crippen molar-refractivity contribution in [3.8, 4) is 11.5 Å². The van der Waals surface area contributed by atoms with Gasteiger partial charge in [0.15, 0.2) is 0 Å². The first-order chi connectivity index (χ1) is 14.6. The van der Waals surface area contributed by atoms with Crippen LogP contribution in [-0.4, -0.2) is 48.5 Å². The maximum atomic E-state index is 12.8. The first-order valence-electron chi connectivity index (χ1n) is 10.7. The lowest BCUT2D eigenvalue weighted by molar-refractivity contribution is -0.125. The van der Waals surface area contributed by atoms with Crippen molar-refractivity contribution >= 4 is 11.7 Å². The van der Waals surface area contributed by atoms with Crippen molar-refractivity contribution in [1.29, 1.82) is 0 Å². The molecule has 4 rings (SSSR count). The number of hydrogen-bond acceptors (Lipinski definition) is 5. The fraction of sp³-hybridized carbons (Fsp3) is 0.417. The van der Waals surface area contributed by atoms with Crippen LogP contribution in [0.25, 0.3) is 0 Å². The summed E-state index contributed by atoms with van der Waals surface area (Å²) in [6.45, 7) is 7.65. The van der Waals surface area contributed by atoms with E-state index in [0.717, 1.165) is 55.1 Å². The maximum Gasteiger partial charge on any atom is 0.253 e. The lowest BCUT2D eigenvalue weighted by atomic mass is 9.88. The predicted octanol–water partition coefficient (Wildman–Crippen LogP) is 3.40. The first kappa shape index (κ1) is 20.4. The van der Waals surface area contributed by atoms with Gasteiger partial charge in [-0.2, -0.15) is 0 Å². The number of amides is 1. The van der Waals surface area contributed by atoms with Crippen molar-refractivity contribution in [1.82, 2.24) is 10.2 Å². The average molecular weight is 408 g/mol. The van der Waals surface area contributed by atoms with Crippen LogP contribution in [-0.2, 0) is 11.3 Å². The van der Waals surface area contributed by atoms with E-state index in [0.29, 0.717) is 19.0 Å². The molecule has 0 radical (unpaired) electrons. The van der Waals surface area contributed by atoms with Gasteiger partial charge in [-0.05, 0) is 44.4 Å². The van der Waals surface area contributed by atoms with E-state index >= 15 is 0 Å². The first-order valence-corrected chi connectivity index (χ1v) is 10.7. The van der Waals surface area contributed by atoms with Crippen LogP contribution in [0, 0.1) is 0 Å². The molecule has 1 fully saturated rings. The lowest BCUT2D eigenvalue weighted by Gasteiger charge is -2.35. The van der Waals surface area contributed by atoms with Gasteiger partial charge < -0.3 is 14.8 Å². The second-order valence-corrected chi connectivity index (χ2v) is 7.77. The Morgan fingerprint density at radius 2 is 1.63 bits per heavy atom. The van der Waals surface area contributed by atoms with E-state index in [2.05, 4.69) is 22.3 Å². The standard InChI is InChI=1S/C24H29N3O3/c1-3-29-20-14-18(15-21(16-20)30-4-2)17-27-12-10-24(11-13-27)23(28)25-22(26-24)19-8-6-5-7-9-19/h5-9,14-16H,3-4,10-13,17H2,1-2H3,(H,25,26,28). The second kappa shape index (κ2) is 8.88. The Kier molecular flexibility index (Phi) is 6.04. The van der Waals surface area contributed by atoms with Crippen molar-refractivity contribution in [3.05, 3.63) is 59.7 Å². The highest BCUT2D eigenvalue weighted by atomic mass is 16.5. The van der Waals surface area contributed by atoms with Gasteiger partial charge in [0.25, 0.3) is 5.91 Å². The van der Waals surface area contributed by atoms with Crippen LogP contribution < -0.4 is 14.8 Å². The Morgan fingerprint density at radius 1 is 1.00 bits per heavy atom. The minimum absolute atomic E-state index is 0.0259. The van der Waals surface area contributed by atoms with Crippen LogP contribution in [0.3, 0.4) is 0 Å². The summed E-state index contributed by atoms with van der Waals surface area (Å²) in [4.78, 5) is 20.0. The molecule has 1 saturated heterocycles. The van der Waals surface area contributed by atoms with Crippen molar-refractivity contribution in [3.63, 3.8) is 0 Å². The quantitative estimate of drug-likeness (QED) is 0.764. The number of carbonyl (C=O) groups is 1. The number of ether oxygens (including phenoxy) is 2. The normalized spacial score (nSPS) is 18.2. The molecule has 0 atom stereocenters. The van der Waals surface area contributed by atoms with Gasteiger partial charge in [-0.3, -0.25) is 14.7 Å². The van der Waals surface area contributed by atoms with Crippen LogP contribution >= 0.6 is 0 Å². The van der Waals surface area contributed by atoms with Gasteiger partial charge in [-0.25, -0.2) is 0 Å². The zero-order valence-electron chi connectivity index (χ0n) is 17.7. The molecule has 1 N–H and O–H groups in total. The number of hydrogen-bond donors (Lipinski definition) is 1. The molecule has 158 valence electrons. The van der Waals surface area contributed by atoms with Crippen LogP contribution in [0.15, 0.2) is 53.5 Å². The number of piperidine rings is 1. The minimum atomic E-state index is -0.634. The molecule has 0 aromatic heterocycles. The van der Waals surface area contributed by atoms with Gasteiger partial charge in [-0.15, -0.1) is 0 Å². The lowest BCUT2D eigenvalue weighted by Crippen LogP contribution is -2.48. The van der Waals surface area contributed by atoms with Gasteiger partial charge in [0, 0.05) is 31.3 Å². The van der Waals surface area contributed by atoms with E-state index in [1.54, 1.807) is 0 Å². The number of nitrogens with zero attached hydrogens (tertiary/aromatic N) is 2. The van der Waals surface area contributed by atoms with Gasteiger partial charge in [-0.1, -0.05) is 30.3 Å². The molecule has 0 aliphatic carbocycles. The van der Waals surface area contributed by atoms with E-state index in [-0.39, 0.29) is 5.91 Å². The summed E-state index contributed by atoms with van der Waals surface area (Å²) in [5.41, 5.74) is 1.48. The van der Waals surface area contributed by atoms with Gasteiger partial charge in [0.1, 0.15) is 22.9 Å². The molecular weight excluding hydrogens is 378 g/mol. The van der Waals surface area contributed by atoms with Crippen LogP contribution in [0.5, 0.6) is 11.5 Å². The summed E-state index contributed by atoms with van der Waals surface area (Å²) in [6, 6.07) is 15.9. The smallest absolute Gasteiger partial charge is 0.253 e. The number of amidine groups is 1. The minimum Gasteiger partial charge on any atom is -0.494 e. The number of nitrogens with one attached hydrogen (secondary N) is 1. The Hall–Kier alpha value is -2.86. The van der Waals surface area contributed by atoms with Crippen molar-refractivity contribution in [2.75, 3.05) is 26.3 Å². The molecule has 30 heavy (non-hydrogen) atoms. The molecule has 0 bridgehead atoms. The molecule has 2 aromatic carbocycles. The molecule has 2 aliphatic heterocycles. The summed E-state index contributed by atoms with van der Waals surface area (Å²) in [7, 11) is 0. The highest BCUT2D eigenvalue weighted by molar-refractivity contribution is 6.15. The molecule has 6 heteroatoms. The molecule has 0 saturated carbocycles. The molecule has 1 amide bonds. The number of benzene rings is 2. The average Bonchev–Trinajstić information content (AvgIpc) is 3.07. The van der Waals surface area contributed by atoms with Gasteiger partial charge in [0.2, 0.25) is 0 Å². The fourth-order valence-corrected chi connectivity index (χ4v) is 4.15. The molecule has 0 unspecified atom stereocenters. The highest BCUT2D eigenvalue weighted by Gasteiger charge is 2.45. The largest absolute Gasteiger partial charge is 0.494 e. The third-order valence-corrected chi connectivity index (χ3v) is 5.68. The zero-order valence-corrected chi connectivity index (χ0v) is 17.7. The summed E-state index contributed by atoms with van der Waals surface area (Å²) < 4.78 is 11.4. The Balaban J connectivity index is 1.44. The van der Waals surface area contributed by atoms with E-state index in [1.165, 1.54) is 0 Å². The molecule has 2 aliphatic rings. The fourth-order valence-electron chi connectivity index (χ4n) is 4.15. The van der Waals surface area contributed by atoms with Crippen molar-refractivity contribution in [2.24, 2.45) is 4.99 Å². The third-order valence-electron chi connectivity index (χ3n) is 5.68. The number of carbonyl (C=O) groups excluding carboxylic acids is 1. The van der Waals surface area contributed by atoms with Crippen LogP contribution in [0.4, 0.5) is 0 Å².